The highest BCUT2D eigenvalue weighted by atomic mass is 79.9. The van der Waals surface area contributed by atoms with Gasteiger partial charge in [-0.05, 0) is 6.07 Å². The van der Waals surface area contributed by atoms with Gasteiger partial charge in [-0.2, -0.15) is 5.26 Å². The summed E-state index contributed by atoms with van der Waals surface area (Å²) in [5.41, 5.74) is 0.345. The predicted molar refractivity (Wildman–Crippen MR) is 53.3 cm³/mol. The summed E-state index contributed by atoms with van der Waals surface area (Å²) in [5.74, 6) is 0.430. The molecule has 0 spiro atoms. The standard InChI is InChI=1S/C8H7BrN4/c1-6(9)5-12-8-11-3-2-7(4-10)13-8/h2-3H,1,5H2,(H,11,12,13). The van der Waals surface area contributed by atoms with E-state index >= 15 is 0 Å². The molecule has 5 heteroatoms. The van der Waals surface area contributed by atoms with Crippen LogP contribution >= 0.6 is 15.9 Å². The molecular weight excluding hydrogens is 232 g/mol. The summed E-state index contributed by atoms with van der Waals surface area (Å²) in [6.45, 7) is 4.18. The molecule has 1 N–H and O–H groups in total. The van der Waals surface area contributed by atoms with Crippen molar-refractivity contribution in [1.82, 2.24) is 9.97 Å². The zero-order valence-corrected chi connectivity index (χ0v) is 8.37. The maximum Gasteiger partial charge on any atom is 0.224 e. The van der Waals surface area contributed by atoms with Crippen molar-refractivity contribution in [3.05, 3.63) is 29.0 Å². The second-order valence-corrected chi connectivity index (χ2v) is 3.37. The molecule has 0 unspecified atom stereocenters. The van der Waals surface area contributed by atoms with E-state index in [-0.39, 0.29) is 0 Å². The predicted octanol–water partition coefficient (Wildman–Crippen LogP) is 1.67. The highest BCUT2D eigenvalue weighted by molar-refractivity contribution is 9.11. The van der Waals surface area contributed by atoms with Crippen LogP contribution in [0.3, 0.4) is 0 Å². The minimum absolute atomic E-state index is 0.345. The zero-order chi connectivity index (χ0) is 9.68. The molecule has 0 bridgehead atoms. The van der Waals surface area contributed by atoms with Gasteiger partial charge < -0.3 is 5.32 Å². The molecule has 0 radical (unpaired) electrons. The van der Waals surface area contributed by atoms with E-state index in [1.54, 1.807) is 6.07 Å². The van der Waals surface area contributed by atoms with Crippen LogP contribution in [0.4, 0.5) is 5.95 Å². The van der Waals surface area contributed by atoms with Crippen LogP contribution in [0.15, 0.2) is 23.3 Å². The van der Waals surface area contributed by atoms with Gasteiger partial charge >= 0.3 is 0 Å². The summed E-state index contributed by atoms with van der Waals surface area (Å²) >= 11 is 3.19. The van der Waals surface area contributed by atoms with Crippen LogP contribution in [0, 0.1) is 11.3 Å². The molecule has 0 atom stereocenters. The first kappa shape index (κ1) is 9.68. The molecule has 0 aliphatic rings. The van der Waals surface area contributed by atoms with Gasteiger partial charge in [-0.3, -0.25) is 0 Å². The number of anilines is 1. The molecule has 4 nitrogen and oxygen atoms in total. The number of aromatic nitrogens is 2. The topological polar surface area (TPSA) is 61.6 Å². The van der Waals surface area contributed by atoms with Crippen LogP contribution in [-0.4, -0.2) is 16.5 Å². The average Bonchev–Trinajstić information content (AvgIpc) is 2.15. The fourth-order valence-corrected chi connectivity index (χ4v) is 0.821. The fourth-order valence-electron chi connectivity index (χ4n) is 0.681. The van der Waals surface area contributed by atoms with Crippen molar-refractivity contribution in [2.45, 2.75) is 0 Å². The van der Waals surface area contributed by atoms with Gasteiger partial charge in [0.25, 0.3) is 0 Å². The molecule has 0 saturated carbocycles. The van der Waals surface area contributed by atoms with Crippen molar-refractivity contribution in [2.24, 2.45) is 0 Å². The van der Waals surface area contributed by atoms with E-state index in [0.29, 0.717) is 18.2 Å². The largest absolute Gasteiger partial charge is 0.350 e. The molecular formula is C8H7BrN4. The second-order valence-electron chi connectivity index (χ2n) is 2.25. The smallest absolute Gasteiger partial charge is 0.224 e. The molecule has 0 fully saturated rings. The van der Waals surface area contributed by atoms with Crippen molar-refractivity contribution in [3.8, 4) is 6.07 Å². The average molecular weight is 239 g/mol. The van der Waals surface area contributed by atoms with Gasteiger partial charge in [0.05, 0.1) is 0 Å². The number of hydrogen-bond acceptors (Lipinski definition) is 4. The molecule has 1 heterocycles. The van der Waals surface area contributed by atoms with Gasteiger partial charge in [-0.1, -0.05) is 22.5 Å². The first-order chi connectivity index (χ1) is 6.22. The van der Waals surface area contributed by atoms with Crippen molar-refractivity contribution in [1.29, 1.82) is 5.26 Å². The summed E-state index contributed by atoms with van der Waals surface area (Å²) in [5, 5.41) is 11.4. The Bertz CT molecular complexity index is 355. The normalized spacial score (nSPS) is 8.92. The molecule has 0 saturated heterocycles. The maximum atomic E-state index is 8.54. The number of nitriles is 1. The Kier molecular flexibility index (Phi) is 3.41. The Labute approximate surface area is 84.5 Å². The lowest BCUT2D eigenvalue weighted by molar-refractivity contribution is 1.10. The van der Waals surface area contributed by atoms with Gasteiger partial charge in [-0.15, -0.1) is 0 Å². The Morgan fingerprint density at radius 2 is 2.54 bits per heavy atom. The minimum Gasteiger partial charge on any atom is -0.350 e. The third-order valence-electron chi connectivity index (χ3n) is 1.21. The van der Waals surface area contributed by atoms with Crippen LogP contribution in [0.2, 0.25) is 0 Å². The van der Waals surface area contributed by atoms with Crippen molar-refractivity contribution in [2.75, 3.05) is 11.9 Å². The van der Waals surface area contributed by atoms with E-state index in [1.165, 1.54) is 6.20 Å². The van der Waals surface area contributed by atoms with Crippen LogP contribution in [0.5, 0.6) is 0 Å². The lowest BCUT2D eigenvalue weighted by Crippen LogP contribution is -2.05. The monoisotopic (exact) mass is 238 g/mol. The van der Waals surface area contributed by atoms with E-state index in [2.05, 4.69) is 37.8 Å². The Hall–Kier alpha value is -1.41. The molecule has 1 aromatic rings. The minimum atomic E-state index is 0.345. The van der Waals surface area contributed by atoms with Crippen molar-refractivity contribution in [3.63, 3.8) is 0 Å². The van der Waals surface area contributed by atoms with E-state index < -0.39 is 0 Å². The zero-order valence-electron chi connectivity index (χ0n) is 6.79. The molecule has 1 aromatic heterocycles. The van der Waals surface area contributed by atoms with Gasteiger partial charge in [0.1, 0.15) is 11.8 Å². The summed E-state index contributed by atoms with van der Waals surface area (Å²) < 4.78 is 0.804. The summed E-state index contributed by atoms with van der Waals surface area (Å²) in [7, 11) is 0. The first-order valence-electron chi connectivity index (χ1n) is 3.52. The first-order valence-corrected chi connectivity index (χ1v) is 4.32. The van der Waals surface area contributed by atoms with Gasteiger partial charge in [0, 0.05) is 17.2 Å². The lowest BCUT2D eigenvalue weighted by Gasteiger charge is -2.01. The second kappa shape index (κ2) is 4.58. The van der Waals surface area contributed by atoms with Crippen LogP contribution in [-0.2, 0) is 0 Å². The fraction of sp³-hybridized carbons (Fsp3) is 0.125. The number of nitrogens with one attached hydrogen (secondary N) is 1. The highest BCUT2D eigenvalue weighted by Crippen LogP contribution is 2.03. The summed E-state index contributed by atoms with van der Waals surface area (Å²) in [6.07, 6.45) is 1.53. The van der Waals surface area contributed by atoms with E-state index in [1.807, 2.05) is 6.07 Å². The lowest BCUT2D eigenvalue weighted by atomic mass is 10.4. The Balaban J connectivity index is 2.68. The molecule has 0 amide bonds. The van der Waals surface area contributed by atoms with Gasteiger partial charge in [0.15, 0.2) is 0 Å². The van der Waals surface area contributed by atoms with E-state index in [4.69, 9.17) is 5.26 Å². The summed E-state index contributed by atoms with van der Waals surface area (Å²) in [6, 6.07) is 3.48. The van der Waals surface area contributed by atoms with E-state index in [9.17, 15) is 0 Å². The molecule has 13 heavy (non-hydrogen) atoms. The number of halogens is 1. The van der Waals surface area contributed by atoms with Crippen LogP contribution in [0.25, 0.3) is 0 Å². The highest BCUT2D eigenvalue weighted by Gasteiger charge is 1.96. The quantitative estimate of drug-likeness (QED) is 0.871. The van der Waals surface area contributed by atoms with Gasteiger partial charge in [-0.25, -0.2) is 9.97 Å². The molecule has 0 aromatic carbocycles. The van der Waals surface area contributed by atoms with Crippen LogP contribution in [0.1, 0.15) is 5.69 Å². The molecule has 66 valence electrons. The third kappa shape index (κ3) is 3.22. The SMILES string of the molecule is C=C(Br)CNc1nccc(C#N)n1. The van der Waals surface area contributed by atoms with Crippen molar-refractivity contribution < 1.29 is 0 Å². The van der Waals surface area contributed by atoms with Crippen LogP contribution < -0.4 is 5.32 Å². The number of hydrogen-bond donors (Lipinski definition) is 1. The third-order valence-corrected chi connectivity index (χ3v) is 1.49. The van der Waals surface area contributed by atoms with Crippen molar-refractivity contribution >= 4 is 21.9 Å². The van der Waals surface area contributed by atoms with Gasteiger partial charge in [0.2, 0.25) is 5.95 Å². The number of rotatable bonds is 3. The van der Waals surface area contributed by atoms with E-state index in [0.717, 1.165) is 4.48 Å². The molecule has 0 aliphatic heterocycles. The molecule has 0 aliphatic carbocycles. The number of nitrogens with zero attached hydrogens (tertiary/aromatic N) is 3. The molecule has 1 rings (SSSR count). The Morgan fingerprint density at radius 3 is 3.15 bits per heavy atom. The maximum absolute atomic E-state index is 8.54. The summed E-state index contributed by atoms with van der Waals surface area (Å²) in [4.78, 5) is 7.84. The Morgan fingerprint density at radius 1 is 1.77 bits per heavy atom.